The van der Waals surface area contributed by atoms with E-state index in [-0.39, 0.29) is 6.10 Å². The second kappa shape index (κ2) is 3.60. The van der Waals surface area contributed by atoms with Crippen molar-refractivity contribution < 1.29 is 9.15 Å². The summed E-state index contributed by atoms with van der Waals surface area (Å²) in [4.78, 5) is 0. The number of rotatable bonds is 1. The molecule has 0 amide bonds. The Morgan fingerprint density at radius 1 is 1.58 bits per heavy atom. The minimum Gasteiger partial charge on any atom is -0.465 e. The average molecular weight is 232 g/mol. The Hall–Kier alpha value is -0.320. The summed E-state index contributed by atoms with van der Waals surface area (Å²) in [5.41, 5.74) is 0. The number of nitrogens with one attached hydrogen (secondary N) is 1. The summed E-state index contributed by atoms with van der Waals surface area (Å²) in [5, 5.41) is 3.24. The predicted octanol–water partition coefficient (Wildman–Crippen LogP) is 1.70. The largest absolute Gasteiger partial charge is 0.465 e. The monoisotopic (exact) mass is 231 g/mol. The first kappa shape index (κ1) is 8.29. The fourth-order valence-corrected chi connectivity index (χ4v) is 1.56. The number of ether oxygens (including phenoxy) is 1. The molecule has 1 unspecified atom stereocenters. The van der Waals surface area contributed by atoms with E-state index in [0.29, 0.717) is 0 Å². The van der Waals surface area contributed by atoms with Crippen LogP contribution in [0, 0.1) is 0 Å². The second-order valence-corrected chi connectivity index (χ2v) is 3.65. The molecule has 12 heavy (non-hydrogen) atoms. The van der Waals surface area contributed by atoms with E-state index in [0.717, 1.165) is 29.9 Å². The first-order valence-corrected chi connectivity index (χ1v) is 4.72. The fourth-order valence-electron chi connectivity index (χ4n) is 1.25. The van der Waals surface area contributed by atoms with Gasteiger partial charge in [0.05, 0.1) is 11.1 Å². The lowest BCUT2D eigenvalue weighted by atomic mass is 10.2. The highest BCUT2D eigenvalue weighted by molar-refractivity contribution is 9.10. The van der Waals surface area contributed by atoms with Crippen molar-refractivity contribution in [3.05, 3.63) is 22.6 Å². The molecule has 66 valence electrons. The molecule has 0 spiro atoms. The number of morpholine rings is 1. The smallest absolute Gasteiger partial charge is 0.135 e. The van der Waals surface area contributed by atoms with Gasteiger partial charge in [0.1, 0.15) is 18.1 Å². The first-order valence-electron chi connectivity index (χ1n) is 3.92. The molecule has 1 fully saturated rings. The summed E-state index contributed by atoms with van der Waals surface area (Å²) in [6, 6.07) is 1.94. The maximum atomic E-state index is 5.50. The van der Waals surface area contributed by atoms with Gasteiger partial charge in [0.2, 0.25) is 0 Å². The van der Waals surface area contributed by atoms with Crippen molar-refractivity contribution in [2.75, 3.05) is 19.7 Å². The molecule has 1 atom stereocenters. The molecule has 0 radical (unpaired) electrons. The lowest BCUT2D eigenvalue weighted by Gasteiger charge is -2.21. The predicted molar refractivity (Wildman–Crippen MR) is 48.0 cm³/mol. The summed E-state index contributed by atoms with van der Waals surface area (Å²) in [6.45, 7) is 2.52. The zero-order valence-corrected chi connectivity index (χ0v) is 8.13. The van der Waals surface area contributed by atoms with E-state index in [1.807, 2.05) is 6.07 Å². The molecule has 1 saturated heterocycles. The lowest BCUT2D eigenvalue weighted by Crippen LogP contribution is -2.33. The molecule has 1 aromatic heterocycles. The van der Waals surface area contributed by atoms with Crippen LogP contribution in [0.3, 0.4) is 0 Å². The Kier molecular flexibility index (Phi) is 2.48. The van der Waals surface area contributed by atoms with Gasteiger partial charge in [-0.1, -0.05) is 0 Å². The van der Waals surface area contributed by atoms with Crippen LogP contribution in [0.1, 0.15) is 11.9 Å². The molecule has 0 aliphatic carbocycles. The van der Waals surface area contributed by atoms with E-state index in [1.54, 1.807) is 6.26 Å². The molecule has 2 heterocycles. The van der Waals surface area contributed by atoms with Gasteiger partial charge in [-0.05, 0) is 22.0 Å². The quantitative estimate of drug-likeness (QED) is 0.800. The van der Waals surface area contributed by atoms with Crippen LogP contribution < -0.4 is 5.32 Å². The highest BCUT2D eigenvalue weighted by atomic mass is 79.9. The Balaban J connectivity index is 2.08. The summed E-state index contributed by atoms with van der Waals surface area (Å²) < 4.78 is 11.8. The summed E-state index contributed by atoms with van der Waals surface area (Å²) in [7, 11) is 0. The van der Waals surface area contributed by atoms with Crippen molar-refractivity contribution in [2.24, 2.45) is 0 Å². The zero-order chi connectivity index (χ0) is 8.39. The SMILES string of the molecule is Brc1coc(C2CNCCO2)c1. The molecule has 0 aromatic carbocycles. The normalized spacial score (nSPS) is 24.2. The van der Waals surface area contributed by atoms with Crippen molar-refractivity contribution in [2.45, 2.75) is 6.10 Å². The summed E-state index contributed by atoms with van der Waals surface area (Å²) >= 11 is 3.33. The van der Waals surface area contributed by atoms with E-state index in [2.05, 4.69) is 21.2 Å². The molecule has 4 heteroatoms. The zero-order valence-electron chi connectivity index (χ0n) is 6.55. The van der Waals surface area contributed by atoms with Crippen LogP contribution >= 0.6 is 15.9 Å². The third kappa shape index (κ3) is 1.71. The van der Waals surface area contributed by atoms with Crippen molar-refractivity contribution >= 4 is 15.9 Å². The lowest BCUT2D eigenvalue weighted by molar-refractivity contribution is 0.0143. The Morgan fingerprint density at radius 2 is 2.50 bits per heavy atom. The second-order valence-electron chi connectivity index (χ2n) is 2.73. The van der Waals surface area contributed by atoms with Crippen LogP contribution in [-0.2, 0) is 4.74 Å². The summed E-state index contributed by atoms with van der Waals surface area (Å²) in [6.07, 6.45) is 1.75. The van der Waals surface area contributed by atoms with Crippen LogP contribution in [0.25, 0.3) is 0 Å². The number of hydrogen-bond acceptors (Lipinski definition) is 3. The van der Waals surface area contributed by atoms with Crippen LogP contribution in [0.2, 0.25) is 0 Å². The highest BCUT2D eigenvalue weighted by Crippen LogP contribution is 2.23. The van der Waals surface area contributed by atoms with Gasteiger partial charge < -0.3 is 14.5 Å². The number of hydrogen-bond donors (Lipinski definition) is 1. The van der Waals surface area contributed by atoms with Gasteiger partial charge in [0.25, 0.3) is 0 Å². The minimum atomic E-state index is 0.0741. The van der Waals surface area contributed by atoms with Gasteiger partial charge in [-0.15, -0.1) is 0 Å². The van der Waals surface area contributed by atoms with Crippen molar-refractivity contribution in [3.8, 4) is 0 Å². The van der Waals surface area contributed by atoms with Crippen LogP contribution in [-0.4, -0.2) is 19.7 Å². The van der Waals surface area contributed by atoms with Gasteiger partial charge in [0, 0.05) is 13.1 Å². The van der Waals surface area contributed by atoms with Crippen molar-refractivity contribution in [1.82, 2.24) is 5.32 Å². The van der Waals surface area contributed by atoms with Crippen LogP contribution in [0.15, 0.2) is 21.2 Å². The van der Waals surface area contributed by atoms with Gasteiger partial charge in [-0.2, -0.15) is 0 Å². The van der Waals surface area contributed by atoms with Gasteiger partial charge in [0.15, 0.2) is 0 Å². The Bertz CT molecular complexity index is 255. The molecule has 1 aromatic rings. The van der Waals surface area contributed by atoms with Gasteiger partial charge in [-0.3, -0.25) is 0 Å². The third-order valence-electron chi connectivity index (χ3n) is 1.83. The van der Waals surface area contributed by atoms with E-state index >= 15 is 0 Å². The third-order valence-corrected chi connectivity index (χ3v) is 2.25. The molecule has 3 nitrogen and oxygen atoms in total. The van der Waals surface area contributed by atoms with Crippen molar-refractivity contribution in [1.29, 1.82) is 0 Å². The van der Waals surface area contributed by atoms with E-state index in [9.17, 15) is 0 Å². The Morgan fingerprint density at radius 3 is 3.08 bits per heavy atom. The number of halogens is 1. The van der Waals surface area contributed by atoms with Crippen LogP contribution in [0.5, 0.6) is 0 Å². The maximum absolute atomic E-state index is 5.50. The van der Waals surface area contributed by atoms with Gasteiger partial charge in [-0.25, -0.2) is 0 Å². The van der Waals surface area contributed by atoms with Gasteiger partial charge >= 0.3 is 0 Å². The average Bonchev–Trinajstić information content (AvgIpc) is 2.54. The number of furan rings is 1. The van der Waals surface area contributed by atoms with Crippen molar-refractivity contribution in [3.63, 3.8) is 0 Å². The molecular weight excluding hydrogens is 222 g/mol. The standard InChI is InChI=1S/C8H10BrNO2/c9-6-3-7(12-5-6)8-4-10-1-2-11-8/h3,5,8,10H,1-2,4H2. The van der Waals surface area contributed by atoms with E-state index in [4.69, 9.17) is 9.15 Å². The molecule has 1 aliphatic rings. The highest BCUT2D eigenvalue weighted by Gasteiger charge is 2.18. The minimum absolute atomic E-state index is 0.0741. The van der Waals surface area contributed by atoms with E-state index in [1.165, 1.54) is 0 Å². The first-order chi connectivity index (χ1) is 5.86. The molecule has 0 saturated carbocycles. The van der Waals surface area contributed by atoms with E-state index < -0.39 is 0 Å². The fraction of sp³-hybridized carbons (Fsp3) is 0.500. The van der Waals surface area contributed by atoms with Crippen LogP contribution in [0.4, 0.5) is 0 Å². The molecule has 0 bridgehead atoms. The Labute approximate surface area is 79.2 Å². The summed E-state index contributed by atoms with van der Waals surface area (Å²) in [5.74, 6) is 0.883. The topological polar surface area (TPSA) is 34.4 Å². The maximum Gasteiger partial charge on any atom is 0.135 e. The molecular formula is C8H10BrNO2. The molecule has 1 N–H and O–H groups in total. The molecule has 2 rings (SSSR count). The molecule has 1 aliphatic heterocycles.